The molecule has 1 saturated heterocycles. The van der Waals surface area contributed by atoms with Crippen LogP contribution in [0.2, 0.25) is 0 Å². The van der Waals surface area contributed by atoms with Gasteiger partial charge in [-0.2, -0.15) is 0 Å². The van der Waals surface area contributed by atoms with Crippen LogP contribution in [-0.2, 0) is 11.2 Å². The summed E-state index contributed by atoms with van der Waals surface area (Å²) >= 11 is 0. The number of nitrogens with one attached hydrogen (secondary N) is 1. The smallest absolute Gasteiger partial charge is 0.320 e. The second-order valence-corrected chi connectivity index (χ2v) is 5.26. The lowest BCUT2D eigenvalue weighted by molar-refractivity contribution is -0.139. The van der Waals surface area contributed by atoms with Crippen molar-refractivity contribution in [1.82, 2.24) is 5.32 Å². The molecule has 2 heterocycles. The lowest BCUT2D eigenvalue weighted by atomic mass is 10.0. The zero-order valence-corrected chi connectivity index (χ0v) is 10.4. The number of hydrogen-bond acceptors (Lipinski definition) is 3. The Balaban J connectivity index is 1.58. The van der Waals surface area contributed by atoms with Crippen molar-refractivity contribution in [3.8, 4) is 5.75 Å². The molecule has 3 unspecified atom stereocenters. The fourth-order valence-electron chi connectivity index (χ4n) is 2.94. The highest BCUT2D eigenvalue weighted by atomic mass is 19.1. The SMILES string of the molecule is O=C(O)C1CCC(CC2Cc3cc(F)ccc3O2)N1. The van der Waals surface area contributed by atoms with Gasteiger partial charge < -0.3 is 15.2 Å². The third kappa shape index (κ3) is 2.56. The molecule has 0 aliphatic carbocycles. The van der Waals surface area contributed by atoms with Gasteiger partial charge in [0, 0.05) is 18.0 Å². The lowest BCUT2D eigenvalue weighted by Crippen LogP contribution is -2.37. The summed E-state index contributed by atoms with van der Waals surface area (Å²) < 4.78 is 18.9. The van der Waals surface area contributed by atoms with E-state index in [1.54, 1.807) is 6.07 Å². The quantitative estimate of drug-likeness (QED) is 0.873. The number of hydrogen-bond donors (Lipinski definition) is 2. The van der Waals surface area contributed by atoms with Crippen LogP contribution in [0.25, 0.3) is 0 Å². The average molecular weight is 265 g/mol. The number of rotatable bonds is 3. The van der Waals surface area contributed by atoms with E-state index in [0.717, 1.165) is 24.2 Å². The van der Waals surface area contributed by atoms with E-state index < -0.39 is 12.0 Å². The zero-order chi connectivity index (χ0) is 13.4. The maximum atomic E-state index is 13.1. The minimum absolute atomic E-state index is 0.0156. The van der Waals surface area contributed by atoms with Crippen LogP contribution in [0.1, 0.15) is 24.8 Å². The Hall–Kier alpha value is -1.62. The van der Waals surface area contributed by atoms with Gasteiger partial charge in [0.25, 0.3) is 0 Å². The summed E-state index contributed by atoms with van der Waals surface area (Å²) in [7, 11) is 0. The van der Waals surface area contributed by atoms with E-state index in [1.165, 1.54) is 12.1 Å². The van der Waals surface area contributed by atoms with Crippen LogP contribution in [-0.4, -0.2) is 29.3 Å². The second-order valence-electron chi connectivity index (χ2n) is 5.26. The van der Waals surface area contributed by atoms with Crippen molar-refractivity contribution in [2.24, 2.45) is 0 Å². The lowest BCUT2D eigenvalue weighted by Gasteiger charge is -2.16. The summed E-state index contributed by atoms with van der Waals surface area (Å²) in [4.78, 5) is 10.9. The highest BCUT2D eigenvalue weighted by Crippen LogP contribution is 2.32. The number of carbonyl (C=O) groups is 1. The third-order valence-electron chi connectivity index (χ3n) is 3.85. The van der Waals surface area contributed by atoms with Crippen molar-refractivity contribution in [2.45, 2.75) is 43.9 Å². The Morgan fingerprint density at radius 1 is 1.47 bits per heavy atom. The first kappa shape index (κ1) is 12.4. The van der Waals surface area contributed by atoms with E-state index in [2.05, 4.69) is 5.32 Å². The van der Waals surface area contributed by atoms with E-state index in [9.17, 15) is 9.18 Å². The van der Waals surface area contributed by atoms with Crippen LogP contribution in [0.4, 0.5) is 4.39 Å². The van der Waals surface area contributed by atoms with E-state index in [-0.39, 0.29) is 18.0 Å². The number of benzene rings is 1. The van der Waals surface area contributed by atoms with Crippen molar-refractivity contribution < 1.29 is 19.0 Å². The Morgan fingerprint density at radius 2 is 2.32 bits per heavy atom. The van der Waals surface area contributed by atoms with Gasteiger partial charge in [-0.1, -0.05) is 0 Å². The van der Waals surface area contributed by atoms with Gasteiger partial charge in [-0.05, 0) is 37.5 Å². The molecule has 1 fully saturated rings. The van der Waals surface area contributed by atoms with Gasteiger partial charge in [0.15, 0.2) is 0 Å². The Kier molecular flexibility index (Phi) is 3.14. The molecule has 0 radical (unpaired) electrons. The number of halogens is 1. The third-order valence-corrected chi connectivity index (χ3v) is 3.85. The average Bonchev–Trinajstić information content (AvgIpc) is 2.95. The van der Waals surface area contributed by atoms with Gasteiger partial charge in [-0.3, -0.25) is 4.79 Å². The van der Waals surface area contributed by atoms with Gasteiger partial charge in [0.05, 0.1) is 0 Å². The van der Waals surface area contributed by atoms with Crippen LogP contribution in [0, 0.1) is 5.82 Å². The predicted molar refractivity (Wildman–Crippen MR) is 66.7 cm³/mol. The van der Waals surface area contributed by atoms with Crippen molar-refractivity contribution >= 4 is 5.97 Å². The number of carboxylic acid groups (broad SMARTS) is 1. The highest BCUT2D eigenvalue weighted by molar-refractivity contribution is 5.73. The molecule has 0 bridgehead atoms. The number of carboxylic acids is 1. The summed E-state index contributed by atoms with van der Waals surface area (Å²) in [6.45, 7) is 0. The molecule has 102 valence electrons. The molecule has 1 aromatic carbocycles. The second kappa shape index (κ2) is 4.81. The Bertz CT molecular complexity index is 505. The summed E-state index contributed by atoms with van der Waals surface area (Å²) in [5.41, 5.74) is 0.901. The summed E-state index contributed by atoms with van der Waals surface area (Å²) in [5, 5.41) is 12.0. The first-order chi connectivity index (χ1) is 9.11. The molecule has 2 N–H and O–H groups in total. The molecular formula is C14H16FNO3. The molecule has 0 amide bonds. The molecule has 5 heteroatoms. The maximum Gasteiger partial charge on any atom is 0.320 e. The van der Waals surface area contributed by atoms with E-state index >= 15 is 0 Å². The summed E-state index contributed by atoms with van der Waals surface area (Å²) in [5.74, 6) is -0.285. The molecule has 2 aliphatic rings. The largest absolute Gasteiger partial charge is 0.490 e. The molecule has 0 saturated carbocycles. The Labute approximate surface area is 110 Å². The van der Waals surface area contributed by atoms with Crippen LogP contribution in [0.3, 0.4) is 0 Å². The van der Waals surface area contributed by atoms with Gasteiger partial charge in [0.1, 0.15) is 23.7 Å². The van der Waals surface area contributed by atoms with E-state index in [4.69, 9.17) is 9.84 Å². The van der Waals surface area contributed by atoms with Crippen molar-refractivity contribution in [2.75, 3.05) is 0 Å². The maximum absolute atomic E-state index is 13.1. The van der Waals surface area contributed by atoms with Crippen LogP contribution in [0.5, 0.6) is 5.75 Å². The van der Waals surface area contributed by atoms with Crippen LogP contribution >= 0.6 is 0 Å². The molecule has 1 aromatic rings. The van der Waals surface area contributed by atoms with Crippen LogP contribution < -0.4 is 10.1 Å². The molecule has 3 rings (SSSR count). The first-order valence-electron chi connectivity index (χ1n) is 6.56. The van der Waals surface area contributed by atoms with Gasteiger partial charge >= 0.3 is 5.97 Å². The van der Waals surface area contributed by atoms with Crippen molar-refractivity contribution in [1.29, 1.82) is 0 Å². The highest BCUT2D eigenvalue weighted by Gasteiger charge is 2.32. The number of fused-ring (bicyclic) bond motifs is 1. The molecule has 19 heavy (non-hydrogen) atoms. The summed E-state index contributed by atoms with van der Waals surface area (Å²) in [6, 6.07) is 4.30. The molecular weight excluding hydrogens is 249 g/mol. The Morgan fingerprint density at radius 3 is 3.05 bits per heavy atom. The molecule has 0 spiro atoms. The van der Waals surface area contributed by atoms with Crippen LogP contribution in [0.15, 0.2) is 18.2 Å². The minimum atomic E-state index is -0.791. The monoisotopic (exact) mass is 265 g/mol. The van der Waals surface area contributed by atoms with E-state index in [0.29, 0.717) is 12.8 Å². The van der Waals surface area contributed by atoms with E-state index in [1.807, 2.05) is 0 Å². The van der Waals surface area contributed by atoms with Gasteiger partial charge in [-0.15, -0.1) is 0 Å². The summed E-state index contributed by atoms with van der Waals surface area (Å²) in [6.07, 6.45) is 2.99. The molecule has 2 aliphatic heterocycles. The minimum Gasteiger partial charge on any atom is -0.490 e. The van der Waals surface area contributed by atoms with Gasteiger partial charge in [-0.25, -0.2) is 4.39 Å². The number of ether oxygens (including phenoxy) is 1. The fraction of sp³-hybridized carbons (Fsp3) is 0.500. The molecule has 0 aromatic heterocycles. The van der Waals surface area contributed by atoms with Crippen molar-refractivity contribution in [3.05, 3.63) is 29.6 Å². The normalized spacial score (nSPS) is 29.0. The first-order valence-corrected chi connectivity index (χ1v) is 6.56. The zero-order valence-electron chi connectivity index (χ0n) is 10.4. The molecule has 4 nitrogen and oxygen atoms in total. The topological polar surface area (TPSA) is 58.6 Å². The van der Waals surface area contributed by atoms with Gasteiger partial charge in [0.2, 0.25) is 0 Å². The number of aliphatic carboxylic acids is 1. The fourth-order valence-corrected chi connectivity index (χ4v) is 2.94. The van der Waals surface area contributed by atoms with Crippen molar-refractivity contribution in [3.63, 3.8) is 0 Å². The standard InChI is InChI=1S/C14H16FNO3/c15-9-1-4-13-8(5-9)6-11(19-13)7-10-2-3-12(16-10)14(17)18/h1,4-5,10-12,16H,2-3,6-7H2,(H,17,18). The molecule has 3 atom stereocenters. The predicted octanol–water partition coefficient (Wildman–Crippen LogP) is 1.72.